The van der Waals surface area contributed by atoms with Gasteiger partial charge in [0.1, 0.15) is 17.1 Å². The molecule has 26 heavy (non-hydrogen) atoms. The van der Waals surface area contributed by atoms with E-state index in [4.69, 9.17) is 5.11 Å². The Morgan fingerprint density at radius 1 is 1.42 bits per heavy atom. The van der Waals surface area contributed by atoms with E-state index in [1.807, 2.05) is 0 Å². The monoisotopic (exact) mass is 440 g/mol. The Kier molecular flexibility index (Phi) is 5.91. The number of carbonyl (C=O) groups excluding carboxylic acids is 2. The zero-order valence-electron chi connectivity index (χ0n) is 13.3. The van der Waals surface area contributed by atoms with Crippen molar-refractivity contribution in [2.45, 2.75) is 6.18 Å². The average Bonchev–Trinajstić information content (AvgIpc) is 2.85. The van der Waals surface area contributed by atoms with E-state index in [-0.39, 0.29) is 36.7 Å². The first kappa shape index (κ1) is 20.2. The van der Waals surface area contributed by atoms with Gasteiger partial charge in [-0.3, -0.25) is 4.79 Å². The van der Waals surface area contributed by atoms with Crippen LogP contribution < -0.4 is 5.32 Å². The van der Waals surface area contributed by atoms with Crippen molar-refractivity contribution in [3.8, 4) is 0 Å². The Hall–Kier alpha value is -2.14. The van der Waals surface area contributed by atoms with E-state index < -0.39 is 33.9 Å². The number of aliphatic hydroxyl groups excluding tert-OH is 1. The molecule has 6 nitrogen and oxygen atoms in total. The Morgan fingerprint density at radius 2 is 2.08 bits per heavy atom. The minimum absolute atomic E-state index is 0.0805. The number of hydrogen-bond donors (Lipinski definition) is 2. The number of hydrogen-bond acceptors (Lipinski definition) is 5. The number of alkyl halides is 3. The number of β-amino-alcohol motifs (C(OH)–C–C–N with tert-alkyl or cyclic N) is 1. The summed E-state index contributed by atoms with van der Waals surface area (Å²) < 4.78 is 56.5. The number of aliphatic hydroxyl groups is 1. The van der Waals surface area contributed by atoms with Crippen molar-refractivity contribution < 1.29 is 37.0 Å². The number of halogens is 5. The van der Waals surface area contributed by atoms with Crippen LogP contribution in [0.2, 0.25) is 0 Å². The molecule has 1 aromatic rings. The van der Waals surface area contributed by atoms with Crippen molar-refractivity contribution in [3.63, 3.8) is 0 Å². The molecule has 0 atom stereocenters. The van der Waals surface area contributed by atoms with Crippen LogP contribution in [-0.4, -0.2) is 48.7 Å². The SMILES string of the molecule is COC(=O)C1=C(Nc2ccc(F)c(C(F)(F)F)c2Br)C(=O)N(CCO)C1. The first-order chi connectivity index (χ1) is 12.1. The van der Waals surface area contributed by atoms with Crippen LogP contribution in [0.3, 0.4) is 0 Å². The van der Waals surface area contributed by atoms with Gasteiger partial charge in [0, 0.05) is 6.54 Å². The van der Waals surface area contributed by atoms with Gasteiger partial charge in [-0.15, -0.1) is 0 Å². The highest BCUT2D eigenvalue weighted by Gasteiger charge is 2.39. The highest BCUT2D eigenvalue weighted by Crippen LogP contribution is 2.41. The van der Waals surface area contributed by atoms with E-state index in [1.165, 1.54) is 0 Å². The summed E-state index contributed by atoms with van der Waals surface area (Å²) in [7, 11) is 1.09. The molecule has 2 rings (SSSR count). The van der Waals surface area contributed by atoms with Crippen LogP contribution in [0.5, 0.6) is 0 Å². The fourth-order valence-corrected chi connectivity index (χ4v) is 3.04. The highest BCUT2D eigenvalue weighted by molar-refractivity contribution is 9.10. The van der Waals surface area contributed by atoms with Crippen molar-refractivity contribution in [2.75, 3.05) is 32.1 Å². The number of carbonyl (C=O) groups is 2. The van der Waals surface area contributed by atoms with Crippen LogP contribution in [0.15, 0.2) is 27.9 Å². The maximum atomic E-state index is 13.6. The highest BCUT2D eigenvalue weighted by atomic mass is 79.9. The van der Waals surface area contributed by atoms with Gasteiger partial charge in [-0.05, 0) is 28.1 Å². The molecular weight excluding hydrogens is 428 g/mol. The van der Waals surface area contributed by atoms with Gasteiger partial charge >= 0.3 is 12.1 Å². The zero-order valence-corrected chi connectivity index (χ0v) is 14.9. The van der Waals surface area contributed by atoms with Gasteiger partial charge in [0.25, 0.3) is 5.91 Å². The molecule has 0 aliphatic carbocycles. The molecule has 0 unspecified atom stereocenters. The lowest BCUT2D eigenvalue weighted by Crippen LogP contribution is -2.31. The number of nitrogens with zero attached hydrogens (tertiary/aromatic N) is 1. The van der Waals surface area contributed by atoms with E-state index >= 15 is 0 Å². The van der Waals surface area contributed by atoms with Gasteiger partial charge in [0.05, 0.1) is 36.0 Å². The summed E-state index contributed by atoms with van der Waals surface area (Å²) in [6.45, 7) is -0.631. The Bertz CT molecular complexity index is 780. The molecule has 0 saturated heterocycles. The molecule has 1 aliphatic heterocycles. The number of ether oxygens (including phenoxy) is 1. The summed E-state index contributed by atoms with van der Waals surface area (Å²) in [6, 6.07) is 1.59. The summed E-state index contributed by atoms with van der Waals surface area (Å²) in [5, 5.41) is 11.4. The van der Waals surface area contributed by atoms with Crippen LogP contribution in [0.25, 0.3) is 0 Å². The molecular formula is C15H13BrF4N2O4. The predicted octanol–water partition coefficient (Wildman–Crippen LogP) is 2.28. The van der Waals surface area contributed by atoms with Crippen LogP contribution in [0.1, 0.15) is 5.56 Å². The van der Waals surface area contributed by atoms with Crippen molar-refractivity contribution in [3.05, 3.63) is 39.3 Å². The molecule has 0 fully saturated rings. The summed E-state index contributed by atoms with van der Waals surface area (Å²) in [4.78, 5) is 25.3. The van der Waals surface area contributed by atoms with E-state index in [2.05, 4.69) is 26.0 Å². The van der Waals surface area contributed by atoms with E-state index in [1.54, 1.807) is 0 Å². The second-order valence-corrected chi connectivity index (χ2v) is 6.00. The van der Waals surface area contributed by atoms with Crippen molar-refractivity contribution in [1.82, 2.24) is 4.90 Å². The molecule has 0 saturated carbocycles. The molecule has 0 bridgehead atoms. The second kappa shape index (κ2) is 7.62. The Morgan fingerprint density at radius 3 is 2.62 bits per heavy atom. The first-order valence-corrected chi connectivity index (χ1v) is 7.95. The Balaban J connectivity index is 2.48. The number of benzene rings is 1. The standard InChI is InChI=1S/C15H13BrF4N2O4/c1-26-14(25)7-6-22(4-5-23)13(24)12(7)21-9-3-2-8(17)10(11(9)16)15(18,19)20/h2-3,21,23H,4-6H2,1H3. The molecule has 1 aromatic carbocycles. The lowest BCUT2D eigenvalue weighted by molar-refractivity contribution is -0.140. The van der Waals surface area contributed by atoms with E-state index in [9.17, 15) is 27.2 Å². The summed E-state index contributed by atoms with van der Waals surface area (Å²) >= 11 is 2.69. The van der Waals surface area contributed by atoms with Crippen LogP contribution in [0.4, 0.5) is 23.2 Å². The topological polar surface area (TPSA) is 78.9 Å². The molecule has 142 valence electrons. The molecule has 1 amide bonds. The smallest absolute Gasteiger partial charge is 0.420 e. The quantitative estimate of drug-likeness (QED) is 0.542. The van der Waals surface area contributed by atoms with Crippen LogP contribution in [-0.2, 0) is 20.5 Å². The summed E-state index contributed by atoms with van der Waals surface area (Å²) in [5.74, 6) is -3.04. The molecule has 1 heterocycles. The van der Waals surface area contributed by atoms with Crippen LogP contribution in [0, 0.1) is 5.82 Å². The van der Waals surface area contributed by atoms with Crippen molar-refractivity contribution >= 4 is 33.5 Å². The molecule has 0 radical (unpaired) electrons. The fraction of sp³-hybridized carbons (Fsp3) is 0.333. The third-order valence-corrected chi connectivity index (χ3v) is 4.41. The maximum absolute atomic E-state index is 13.6. The van der Waals surface area contributed by atoms with Crippen molar-refractivity contribution in [1.29, 1.82) is 0 Å². The molecule has 0 aromatic heterocycles. The second-order valence-electron chi connectivity index (χ2n) is 5.20. The lowest BCUT2D eigenvalue weighted by Gasteiger charge is -2.17. The first-order valence-electron chi connectivity index (χ1n) is 7.15. The molecule has 2 N–H and O–H groups in total. The normalized spacial score (nSPS) is 14.9. The number of amides is 1. The largest absolute Gasteiger partial charge is 0.466 e. The minimum Gasteiger partial charge on any atom is -0.466 e. The lowest BCUT2D eigenvalue weighted by atomic mass is 10.1. The van der Waals surface area contributed by atoms with Gasteiger partial charge in [0.2, 0.25) is 0 Å². The van der Waals surface area contributed by atoms with E-state index in [0.717, 1.165) is 18.1 Å². The van der Waals surface area contributed by atoms with Gasteiger partial charge < -0.3 is 20.1 Å². The zero-order chi connectivity index (χ0) is 19.6. The van der Waals surface area contributed by atoms with Gasteiger partial charge in [0.15, 0.2) is 0 Å². The Labute approximate surface area is 153 Å². The number of rotatable bonds is 5. The van der Waals surface area contributed by atoms with Gasteiger partial charge in [-0.1, -0.05) is 0 Å². The third-order valence-electron chi connectivity index (χ3n) is 3.59. The molecule has 0 spiro atoms. The number of anilines is 1. The predicted molar refractivity (Wildman–Crippen MR) is 85.4 cm³/mol. The van der Waals surface area contributed by atoms with Crippen LogP contribution >= 0.6 is 15.9 Å². The third kappa shape index (κ3) is 3.83. The molecule has 11 heteroatoms. The minimum atomic E-state index is -4.97. The summed E-state index contributed by atoms with van der Waals surface area (Å²) in [6.07, 6.45) is -4.97. The van der Waals surface area contributed by atoms with Crippen molar-refractivity contribution in [2.24, 2.45) is 0 Å². The average molecular weight is 441 g/mol. The summed E-state index contributed by atoms with van der Waals surface area (Å²) in [5.41, 5.74) is -2.21. The number of nitrogens with one attached hydrogen (secondary N) is 1. The van der Waals surface area contributed by atoms with Gasteiger partial charge in [-0.2, -0.15) is 13.2 Å². The fourth-order valence-electron chi connectivity index (χ4n) is 2.39. The van der Waals surface area contributed by atoms with E-state index in [0.29, 0.717) is 6.07 Å². The number of methoxy groups -OCH3 is 1. The number of esters is 1. The van der Waals surface area contributed by atoms with Gasteiger partial charge in [-0.25, -0.2) is 9.18 Å². The maximum Gasteiger partial charge on any atom is 0.420 e. The molecule has 1 aliphatic rings.